The number of piperidine rings is 1. The molecular weight excluding hydrogens is 205 g/mol. The number of rotatable bonds is 2. The van der Waals surface area contributed by atoms with E-state index in [-0.39, 0.29) is 17.7 Å². The maximum absolute atomic E-state index is 13.8. The summed E-state index contributed by atoms with van der Waals surface area (Å²) in [5.74, 6) is -0.260. The van der Waals surface area contributed by atoms with Gasteiger partial charge in [0.2, 0.25) is 0 Å². The number of halogens is 1. The van der Waals surface area contributed by atoms with Crippen molar-refractivity contribution in [3.8, 4) is 0 Å². The molecule has 0 aromatic heterocycles. The Hall–Kier alpha value is -1.22. The van der Waals surface area contributed by atoms with Gasteiger partial charge in [0.05, 0.1) is 0 Å². The molecular formula is C13H16FNO. The molecule has 1 heterocycles. The van der Waals surface area contributed by atoms with Crippen LogP contribution in [-0.2, 0) is 4.79 Å². The van der Waals surface area contributed by atoms with Crippen LogP contribution in [0.1, 0.15) is 23.5 Å². The Morgan fingerprint density at radius 3 is 3.00 bits per heavy atom. The maximum Gasteiger partial charge on any atom is 0.126 e. The number of benzene rings is 1. The normalized spacial score (nSPS) is 25.4. The summed E-state index contributed by atoms with van der Waals surface area (Å²) in [5, 5.41) is 3.16. The van der Waals surface area contributed by atoms with Crippen LogP contribution in [0.15, 0.2) is 18.2 Å². The molecule has 16 heavy (non-hydrogen) atoms. The molecule has 0 saturated carbocycles. The molecule has 3 heteroatoms. The van der Waals surface area contributed by atoms with E-state index in [1.54, 1.807) is 6.07 Å². The first-order chi connectivity index (χ1) is 7.72. The Morgan fingerprint density at radius 1 is 1.50 bits per heavy atom. The number of aryl methyl sites for hydroxylation is 1. The van der Waals surface area contributed by atoms with E-state index in [9.17, 15) is 9.18 Å². The van der Waals surface area contributed by atoms with Gasteiger partial charge in [0.1, 0.15) is 12.1 Å². The van der Waals surface area contributed by atoms with Crippen molar-refractivity contribution >= 4 is 6.29 Å². The fourth-order valence-corrected chi connectivity index (χ4v) is 2.34. The third-order valence-corrected chi connectivity index (χ3v) is 3.26. The molecule has 0 radical (unpaired) electrons. The Kier molecular flexibility index (Phi) is 3.34. The Morgan fingerprint density at radius 2 is 2.31 bits per heavy atom. The highest BCUT2D eigenvalue weighted by Crippen LogP contribution is 2.31. The minimum atomic E-state index is -0.182. The number of hydrogen-bond acceptors (Lipinski definition) is 2. The summed E-state index contributed by atoms with van der Waals surface area (Å²) in [4.78, 5) is 11.0. The SMILES string of the molecule is Cc1ccc(C2CCNCC2C=O)c(F)c1. The van der Waals surface area contributed by atoms with E-state index < -0.39 is 0 Å². The standard InChI is InChI=1S/C13H16FNO/c1-9-2-3-12(13(14)6-9)11-4-5-15-7-10(11)8-16/h2-3,6,8,10-11,15H,4-5,7H2,1H3. The minimum absolute atomic E-state index is 0.0272. The van der Waals surface area contributed by atoms with Crippen LogP contribution in [0, 0.1) is 18.7 Å². The summed E-state index contributed by atoms with van der Waals surface area (Å²) in [6.07, 6.45) is 1.76. The summed E-state index contributed by atoms with van der Waals surface area (Å²) >= 11 is 0. The molecule has 1 saturated heterocycles. The number of carbonyl (C=O) groups excluding carboxylic acids is 1. The van der Waals surface area contributed by atoms with Crippen molar-refractivity contribution in [2.45, 2.75) is 19.3 Å². The van der Waals surface area contributed by atoms with Gasteiger partial charge in [-0.05, 0) is 43.0 Å². The number of aldehydes is 1. The molecule has 1 aliphatic rings. The second-order valence-corrected chi connectivity index (χ2v) is 4.42. The lowest BCUT2D eigenvalue weighted by Gasteiger charge is -2.29. The van der Waals surface area contributed by atoms with Gasteiger partial charge in [0.15, 0.2) is 0 Å². The first kappa shape index (κ1) is 11.3. The van der Waals surface area contributed by atoms with E-state index in [1.807, 2.05) is 19.1 Å². The van der Waals surface area contributed by atoms with E-state index in [2.05, 4.69) is 5.32 Å². The highest BCUT2D eigenvalue weighted by molar-refractivity contribution is 5.57. The highest BCUT2D eigenvalue weighted by Gasteiger charge is 2.27. The predicted molar refractivity (Wildman–Crippen MR) is 60.9 cm³/mol. The van der Waals surface area contributed by atoms with E-state index in [1.165, 1.54) is 0 Å². The monoisotopic (exact) mass is 221 g/mol. The zero-order valence-corrected chi connectivity index (χ0v) is 9.37. The summed E-state index contributed by atoms with van der Waals surface area (Å²) in [7, 11) is 0. The summed E-state index contributed by atoms with van der Waals surface area (Å²) in [6.45, 7) is 3.37. The lowest BCUT2D eigenvalue weighted by molar-refractivity contribution is -0.112. The highest BCUT2D eigenvalue weighted by atomic mass is 19.1. The fourth-order valence-electron chi connectivity index (χ4n) is 2.34. The smallest absolute Gasteiger partial charge is 0.126 e. The van der Waals surface area contributed by atoms with Crippen LogP contribution in [-0.4, -0.2) is 19.4 Å². The summed E-state index contributed by atoms with van der Waals surface area (Å²) < 4.78 is 13.8. The van der Waals surface area contributed by atoms with Crippen LogP contribution in [0.25, 0.3) is 0 Å². The first-order valence-electron chi connectivity index (χ1n) is 5.64. The van der Waals surface area contributed by atoms with Gasteiger partial charge in [-0.25, -0.2) is 4.39 Å². The first-order valence-corrected chi connectivity index (χ1v) is 5.64. The second-order valence-electron chi connectivity index (χ2n) is 4.42. The molecule has 0 bridgehead atoms. The van der Waals surface area contributed by atoms with Gasteiger partial charge >= 0.3 is 0 Å². The van der Waals surface area contributed by atoms with Crippen LogP contribution in [0.3, 0.4) is 0 Å². The van der Waals surface area contributed by atoms with E-state index in [0.29, 0.717) is 12.1 Å². The van der Waals surface area contributed by atoms with Gasteiger partial charge in [0, 0.05) is 12.5 Å². The quantitative estimate of drug-likeness (QED) is 0.774. The molecule has 0 aliphatic carbocycles. The van der Waals surface area contributed by atoms with Crippen molar-refractivity contribution in [2.75, 3.05) is 13.1 Å². The molecule has 2 nitrogen and oxygen atoms in total. The lowest BCUT2D eigenvalue weighted by atomic mass is 9.81. The molecule has 2 atom stereocenters. The van der Waals surface area contributed by atoms with Gasteiger partial charge in [-0.3, -0.25) is 0 Å². The van der Waals surface area contributed by atoms with Crippen LogP contribution in [0.5, 0.6) is 0 Å². The number of carbonyl (C=O) groups is 1. The van der Waals surface area contributed by atoms with Gasteiger partial charge in [-0.15, -0.1) is 0 Å². The van der Waals surface area contributed by atoms with E-state index >= 15 is 0 Å². The molecule has 0 amide bonds. The Balaban J connectivity index is 2.30. The van der Waals surface area contributed by atoms with Crippen LogP contribution in [0.2, 0.25) is 0 Å². The minimum Gasteiger partial charge on any atom is -0.316 e. The van der Waals surface area contributed by atoms with Crippen molar-refractivity contribution in [1.82, 2.24) is 5.32 Å². The van der Waals surface area contributed by atoms with Gasteiger partial charge < -0.3 is 10.1 Å². The second kappa shape index (κ2) is 4.74. The van der Waals surface area contributed by atoms with Gasteiger partial charge in [0.25, 0.3) is 0 Å². The Bertz CT molecular complexity index is 392. The van der Waals surface area contributed by atoms with Crippen molar-refractivity contribution in [1.29, 1.82) is 0 Å². The average molecular weight is 221 g/mol. The van der Waals surface area contributed by atoms with Gasteiger partial charge in [-0.1, -0.05) is 12.1 Å². The van der Waals surface area contributed by atoms with Gasteiger partial charge in [-0.2, -0.15) is 0 Å². The maximum atomic E-state index is 13.8. The third kappa shape index (κ3) is 2.14. The van der Waals surface area contributed by atoms with Crippen molar-refractivity contribution < 1.29 is 9.18 Å². The average Bonchev–Trinajstić information content (AvgIpc) is 2.29. The molecule has 1 N–H and O–H groups in total. The molecule has 2 unspecified atom stereocenters. The molecule has 1 aromatic rings. The third-order valence-electron chi connectivity index (χ3n) is 3.26. The fraction of sp³-hybridized carbons (Fsp3) is 0.462. The summed E-state index contributed by atoms with van der Waals surface area (Å²) in [6, 6.07) is 5.26. The zero-order valence-electron chi connectivity index (χ0n) is 9.37. The topological polar surface area (TPSA) is 29.1 Å². The molecule has 1 fully saturated rings. The predicted octanol–water partition coefficient (Wildman–Crippen LogP) is 2.03. The summed E-state index contributed by atoms with van der Waals surface area (Å²) in [5.41, 5.74) is 1.60. The van der Waals surface area contributed by atoms with Crippen molar-refractivity contribution in [2.24, 2.45) is 5.92 Å². The van der Waals surface area contributed by atoms with Crippen LogP contribution >= 0.6 is 0 Å². The molecule has 86 valence electrons. The molecule has 0 spiro atoms. The van der Waals surface area contributed by atoms with Crippen molar-refractivity contribution in [3.05, 3.63) is 35.1 Å². The largest absolute Gasteiger partial charge is 0.316 e. The van der Waals surface area contributed by atoms with Crippen LogP contribution < -0.4 is 5.32 Å². The molecule has 1 aliphatic heterocycles. The number of hydrogen-bond donors (Lipinski definition) is 1. The number of nitrogens with one attached hydrogen (secondary N) is 1. The van der Waals surface area contributed by atoms with Crippen molar-refractivity contribution in [3.63, 3.8) is 0 Å². The lowest BCUT2D eigenvalue weighted by Crippen LogP contribution is -2.36. The van der Waals surface area contributed by atoms with Crippen LogP contribution in [0.4, 0.5) is 4.39 Å². The molecule has 1 aromatic carbocycles. The molecule has 2 rings (SSSR count). The zero-order chi connectivity index (χ0) is 11.5. The Labute approximate surface area is 94.9 Å². The van der Waals surface area contributed by atoms with E-state index in [4.69, 9.17) is 0 Å². The van der Waals surface area contributed by atoms with E-state index in [0.717, 1.165) is 24.8 Å².